The third-order valence-electron chi connectivity index (χ3n) is 7.57. The number of nitrogens with zero attached hydrogens (tertiary/aromatic N) is 2. The number of carbonyl (C=O) groups is 2. The van der Waals surface area contributed by atoms with Crippen LogP contribution in [0.25, 0.3) is 0 Å². The molecule has 0 heterocycles. The summed E-state index contributed by atoms with van der Waals surface area (Å²) >= 11 is 6.48. The van der Waals surface area contributed by atoms with Crippen LogP contribution in [0.15, 0.2) is 83.8 Å². The van der Waals surface area contributed by atoms with Gasteiger partial charge >= 0.3 is 0 Å². The van der Waals surface area contributed by atoms with E-state index in [-0.39, 0.29) is 23.4 Å². The maximum atomic E-state index is 14.2. The molecule has 1 atom stereocenters. The first-order valence-electron chi connectivity index (χ1n) is 14.2. The Balaban J connectivity index is 1.69. The molecule has 218 valence electrons. The van der Waals surface area contributed by atoms with Crippen molar-refractivity contribution in [2.24, 2.45) is 0 Å². The van der Waals surface area contributed by atoms with E-state index < -0.39 is 28.5 Å². The SMILES string of the molecule is CC[C@@H](C(=O)NC1CCCCC1)N(Cc1ccccc1Cl)C(=O)CN(c1ccccc1)S(=O)(=O)c1ccc(C)cc1. The number of anilines is 1. The molecule has 4 rings (SSSR count). The van der Waals surface area contributed by atoms with Gasteiger partial charge in [0.15, 0.2) is 0 Å². The standard InChI is InChI=1S/C32H38ClN3O4S/c1-3-30(32(38)34-26-13-6-4-7-14-26)35(22-25-12-10-11-17-29(25)33)31(37)23-36(27-15-8-5-9-16-27)41(39,40)28-20-18-24(2)19-21-28/h5,8-12,15-21,26,30H,3-4,6-7,13-14,22-23H2,1-2H3,(H,34,38)/t30-/m0/s1. The molecule has 1 fully saturated rings. The largest absolute Gasteiger partial charge is 0.352 e. The summed E-state index contributed by atoms with van der Waals surface area (Å²) in [6, 6.07) is 21.5. The van der Waals surface area contributed by atoms with Gasteiger partial charge in [0.25, 0.3) is 10.0 Å². The van der Waals surface area contributed by atoms with Crippen molar-refractivity contribution in [2.75, 3.05) is 10.8 Å². The van der Waals surface area contributed by atoms with E-state index in [1.807, 2.05) is 26.0 Å². The van der Waals surface area contributed by atoms with Crippen molar-refractivity contribution < 1.29 is 18.0 Å². The number of sulfonamides is 1. The number of amides is 2. The average molecular weight is 596 g/mol. The van der Waals surface area contributed by atoms with Crippen LogP contribution in [0.4, 0.5) is 5.69 Å². The molecule has 1 N–H and O–H groups in total. The molecule has 7 nitrogen and oxygen atoms in total. The molecule has 9 heteroatoms. The van der Waals surface area contributed by atoms with Gasteiger partial charge in [-0.15, -0.1) is 0 Å². The number of aryl methyl sites for hydroxylation is 1. The lowest BCUT2D eigenvalue weighted by Crippen LogP contribution is -2.54. The quantitative estimate of drug-likeness (QED) is 0.290. The third kappa shape index (κ3) is 7.68. The van der Waals surface area contributed by atoms with Crippen molar-refractivity contribution in [1.82, 2.24) is 10.2 Å². The van der Waals surface area contributed by atoms with Gasteiger partial charge in [0.2, 0.25) is 11.8 Å². The molecule has 1 aliphatic rings. The Labute approximate surface area is 248 Å². The fourth-order valence-corrected chi connectivity index (χ4v) is 6.84. The first-order chi connectivity index (χ1) is 19.7. The lowest BCUT2D eigenvalue weighted by atomic mass is 9.95. The highest BCUT2D eigenvalue weighted by Crippen LogP contribution is 2.26. The van der Waals surface area contributed by atoms with Crippen molar-refractivity contribution in [1.29, 1.82) is 0 Å². The van der Waals surface area contributed by atoms with Gasteiger partial charge in [0.1, 0.15) is 12.6 Å². The summed E-state index contributed by atoms with van der Waals surface area (Å²) in [5, 5.41) is 3.63. The molecule has 2 amide bonds. The molecule has 0 saturated heterocycles. The summed E-state index contributed by atoms with van der Waals surface area (Å²) in [7, 11) is -4.10. The summed E-state index contributed by atoms with van der Waals surface area (Å²) in [4.78, 5) is 29.3. The molecule has 0 bridgehead atoms. The van der Waals surface area contributed by atoms with Crippen molar-refractivity contribution >= 4 is 39.1 Å². The zero-order valence-electron chi connectivity index (χ0n) is 23.6. The van der Waals surface area contributed by atoms with Crippen LogP contribution in [0.3, 0.4) is 0 Å². The molecule has 41 heavy (non-hydrogen) atoms. The summed E-state index contributed by atoms with van der Waals surface area (Å²) < 4.78 is 28.9. The first kappa shape index (κ1) is 30.6. The normalized spacial score (nSPS) is 14.7. The van der Waals surface area contributed by atoms with E-state index in [0.29, 0.717) is 22.7 Å². The molecular formula is C32H38ClN3O4S. The molecule has 1 saturated carbocycles. The van der Waals surface area contributed by atoms with E-state index in [0.717, 1.165) is 42.0 Å². The van der Waals surface area contributed by atoms with Gasteiger partial charge in [0, 0.05) is 17.6 Å². The zero-order valence-corrected chi connectivity index (χ0v) is 25.2. The zero-order chi connectivity index (χ0) is 29.4. The van der Waals surface area contributed by atoms with E-state index in [1.165, 1.54) is 4.90 Å². The van der Waals surface area contributed by atoms with Crippen LogP contribution in [0.2, 0.25) is 5.02 Å². The number of benzene rings is 3. The van der Waals surface area contributed by atoms with E-state index in [4.69, 9.17) is 11.6 Å². The Bertz CT molecular complexity index is 1420. The predicted molar refractivity (Wildman–Crippen MR) is 163 cm³/mol. The maximum absolute atomic E-state index is 14.2. The Morgan fingerprint density at radius 3 is 2.20 bits per heavy atom. The lowest BCUT2D eigenvalue weighted by molar-refractivity contribution is -0.140. The van der Waals surface area contributed by atoms with Gasteiger partial charge in [-0.25, -0.2) is 8.42 Å². The summed E-state index contributed by atoms with van der Waals surface area (Å²) in [6.07, 6.45) is 5.48. The van der Waals surface area contributed by atoms with Gasteiger partial charge < -0.3 is 10.2 Å². The number of para-hydroxylation sites is 1. The van der Waals surface area contributed by atoms with Crippen LogP contribution >= 0.6 is 11.6 Å². The number of hydrogen-bond donors (Lipinski definition) is 1. The van der Waals surface area contributed by atoms with Crippen molar-refractivity contribution in [2.45, 2.75) is 75.9 Å². The molecule has 0 unspecified atom stereocenters. The van der Waals surface area contributed by atoms with Crippen LogP contribution in [-0.4, -0.2) is 43.8 Å². The predicted octanol–water partition coefficient (Wildman–Crippen LogP) is 6.10. The van der Waals surface area contributed by atoms with E-state index in [2.05, 4.69) is 5.32 Å². The van der Waals surface area contributed by atoms with E-state index in [9.17, 15) is 18.0 Å². The van der Waals surface area contributed by atoms with Gasteiger partial charge in [-0.1, -0.05) is 91.9 Å². The van der Waals surface area contributed by atoms with Crippen molar-refractivity contribution in [3.8, 4) is 0 Å². The third-order valence-corrected chi connectivity index (χ3v) is 9.72. The van der Waals surface area contributed by atoms with Crippen LogP contribution in [-0.2, 0) is 26.2 Å². The number of rotatable bonds is 11. The lowest BCUT2D eigenvalue weighted by Gasteiger charge is -2.34. The number of carbonyl (C=O) groups excluding carboxylic acids is 2. The second-order valence-corrected chi connectivity index (χ2v) is 12.8. The molecule has 1 aliphatic carbocycles. The second kappa shape index (κ2) is 14.0. The van der Waals surface area contributed by atoms with E-state index in [1.54, 1.807) is 66.7 Å². The Morgan fingerprint density at radius 1 is 0.927 bits per heavy atom. The van der Waals surface area contributed by atoms with Crippen molar-refractivity contribution in [3.05, 3.63) is 95.0 Å². The Kier molecular flexibility index (Phi) is 10.5. The average Bonchev–Trinajstić information content (AvgIpc) is 2.97. The summed E-state index contributed by atoms with van der Waals surface area (Å²) in [5.41, 5.74) is 1.96. The fourth-order valence-electron chi connectivity index (χ4n) is 5.23. The minimum atomic E-state index is -4.10. The molecule has 0 aromatic heterocycles. The van der Waals surface area contributed by atoms with Crippen molar-refractivity contribution in [3.63, 3.8) is 0 Å². The highest BCUT2D eigenvalue weighted by atomic mass is 35.5. The molecular weight excluding hydrogens is 558 g/mol. The highest BCUT2D eigenvalue weighted by molar-refractivity contribution is 7.92. The summed E-state index contributed by atoms with van der Waals surface area (Å²) in [6.45, 7) is 3.33. The van der Waals surface area contributed by atoms with Gasteiger partial charge in [-0.05, 0) is 62.1 Å². The molecule has 3 aromatic carbocycles. The van der Waals surface area contributed by atoms with Gasteiger partial charge in [0.05, 0.1) is 10.6 Å². The Morgan fingerprint density at radius 2 is 1.56 bits per heavy atom. The minimum Gasteiger partial charge on any atom is -0.352 e. The van der Waals surface area contributed by atoms with Gasteiger partial charge in [-0.2, -0.15) is 0 Å². The monoisotopic (exact) mass is 595 g/mol. The molecule has 0 radical (unpaired) electrons. The number of hydrogen-bond acceptors (Lipinski definition) is 4. The van der Waals surface area contributed by atoms with Crippen LogP contribution in [0.5, 0.6) is 0 Å². The highest BCUT2D eigenvalue weighted by Gasteiger charge is 2.34. The minimum absolute atomic E-state index is 0.0717. The fraction of sp³-hybridized carbons (Fsp3) is 0.375. The second-order valence-electron chi connectivity index (χ2n) is 10.5. The molecule has 3 aromatic rings. The van der Waals surface area contributed by atoms with Crippen LogP contribution in [0, 0.1) is 6.92 Å². The van der Waals surface area contributed by atoms with E-state index >= 15 is 0 Å². The van der Waals surface area contributed by atoms with Crippen LogP contribution in [0.1, 0.15) is 56.6 Å². The number of nitrogens with one attached hydrogen (secondary N) is 1. The van der Waals surface area contributed by atoms with Crippen LogP contribution < -0.4 is 9.62 Å². The Hall–Kier alpha value is -3.36. The molecule has 0 spiro atoms. The first-order valence-corrected chi connectivity index (χ1v) is 16.0. The number of halogens is 1. The molecule has 0 aliphatic heterocycles. The summed E-state index contributed by atoms with van der Waals surface area (Å²) in [5.74, 6) is -0.720. The van der Waals surface area contributed by atoms with Gasteiger partial charge in [-0.3, -0.25) is 13.9 Å². The maximum Gasteiger partial charge on any atom is 0.264 e. The smallest absolute Gasteiger partial charge is 0.264 e. The topological polar surface area (TPSA) is 86.8 Å².